The maximum atomic E-state index is 12.3. The van der Waals surface area contributed by atoms with Gasteiger partial charge in [0.05, 0.1) is 4.92 Å². The van der Waals surface area contributed by atoms with Gasteiger partial charge in [0, 0.05) is 11.1 Å². The van der Waals surface area contributed by atoms with Gasteiger partial charge in [0.2, 0.25) is 10.0 Å². The quantitative estimate of drug-likeness (QED) is 0.621. The molecule has 0 amide bonds. The van der Waals surface area contributed by atoms with Crippen molar-refractivity contribution in [2.45, 2.75) is 29.7 Å². The lowest BCUT2D eigenvalue weighted by molar-refractivity contribution is -0.387. The van der Waals surface area contributed by atoms with E-state index in [4.69, 9.17) is 16.7 Å². The van der Waals surface area contributed by atoms with Gasteiger partial charge >= 0.3 is 5.97 Å². The molecule has 10 heteroatoms. The van der Waals surface area contributed by atoms with Crippen molar-refractivity contribution in [2.75, 3.05) is 0 Å². The summed E-state index contributed by atoms with van der Waals surface area (Å²) in [6.07, 6.45) is 0.851. The van der Waals surface area contributed by atoms with Gasteiger partial charge in [-0.3, -0.25) is 14.9 Å². The molecule has 0 radical (unpaired) electrons. The van der Waals surface area contributed by atoms with Crippen LogP contribution < -0.4 is 4.72 Å². The smallest absolute Gasteiger partial charge is 0.324 e. The molecule has 1 fully saturated rings. The number of carboxylic acids is 1. The molecular formula is C11H11ClN2O6S. The fourth-order valence-electron chi connectivity index (χ4n) is 2.06. The summed E-state index contributed by atoms with van der Waals surface area (Å²) >= 11 is 5.62. The SMILES string of the molecule is O=C(O)C1(NS(=O)(=O)c2ccc(Cl)cc2[N+](=O)[O-])CCC1. The lowest BCUT2D eigenvalue weighted by atomic mass is 9.78. The minimum atomic E-state index is -4.35. The molecule has 1 saturated carbocycles. The highest BCUT2D eigenvalue weighted by molar-refractivity contribution is 7.89. The fraction of sp³-hybridized carbons (Fsp3) is 0.364. The Labute approximate surface area is 124 Å². The molecule has 8 nitrogen and oxygen atoms in total. The van der Waals surface area contributed by atoms with Crippen LogP contribution in [0.25, 0.3) is 0 Å². The Morgan fingerprint density at radius 2 is 2.05 bits per heavy atom. The molecule has 1 aliphatic rings. The number of nitrogens with zero attached hydrogens (tertiary/aromatic N) is 1. The number of nitro benzene ring substituents is 1. The number of carbonyl (C=O) groups is 1. The first kappa shape index (κ1) is 15.7. The van der Waals surface area contributed by atoms with Gasteiger partial charge in [-0.15, -0.1) is 0 Å². The van der Waals surface area contributed by atoms with E-state index in [-0.39, 0.29) is 17.9 Å². The Balaban J connectivity index is 2.45. The summed E-state index contributed by atoms with van der Waals surface area (Å²) in [6.45, 7) is 0. The third kappa shape index (κ3) is 2.85. The second-order valence-corrected chi connectivity index (χ2v) is 6.80. The number of aliphatic carboxylic acids is 1. The van der Waals surface area contributed by atoms with Gasteiger partial charge in [0.25, 0.3) is 5.69 Å². The van der Waals surface area contributed by atoms with E-state index in [0.717, 1.165) is 12.1 Å². The third-order valence-electron chi connectivity index (χ3n) is 3.35. The monoisotopic (exact) mass is 334 g/mol. The molecule has 0 bridgehead atoms. The van der Waals surface area contributed by atoms with Crippen LogP contribution in [-0.4, -0.2) is 30.0 Å². The van der Waals surface area contributed by atoms with Gasteiger partial charge in [-0.25, -0.2) is 8.42 Å². The van der Waals surface area contributed by atoms with E-state index in [2.05, 4.69) is 4.72 Å². The Kier molecular flexibility index (Phi) is 3.91. The Bertz CT molecular complexity index is 713. The Morgan fingerprint density at radius 3 is 2.48 bits per heavy atom. The van der Waals surface area contributed by atoms with E-state index < -0.39 is 37.0 Å². The average molecular weight is 335 g/mol. The minimum Gasteiger partial charge on any atom is -0.480 e. The summed E-state index contributed by atoms with van der Waals surface area (Å²) in [6, 6.07) is 3.08. The fourth-order valence-corrected chi connectivity index (χ4v) is 3.80. The predicted molar refractivity (Wildman–Crippen MR) is 72.6 cm³/mol. The second kappa shape index (κ2) is 5.24. The maximum Gasteiger partial charge on any atom is 0.324 e. The van der Waals surface area contributed by atoms with Crippen molar-refractivity contribution in [2.24, 2.45) is 0 Å². The van der Waals surface area contributed by atoms with Gasteiger partial charge < -0.3 is 5.11 Å². The number of benzene rings is 1. The molecule has 0 atom stereocenters. The molecule has 114 valence electrons. The molecule has 0 aliphatic heterocycles. The highest BCUT2D eigenvalue weighted by Gasteiger charge is 2.48. The van der Waals surface area contributed by atoms with Crippen LogP contribution in [0, 0.1) is 10.1 Å². The van der Waals surface area contributed by atoms with Crippen molar-refractivity contribution >= 4 is 33.3 Å². The summed E-state index contributed by atoms with van der Waals surface area (Å²) in [5, 5.41) is 20.1. The number of halogens is 1. The third-order valence-corrected chi connectivity index (χ3v) is 5.17. The number of rotatable bonds is 5. The van der Waals surface area contributed by atoms with E-state index in [9.17, 15) is 23.3 Å². The van der Waals surface area contributed by atoms with Crippen molar-refractivity contribution in [3.05, 3.63) is 33.3 Å². The van der Waals surface area contributed by atoms with Gasteiger partial charge in [0.15, 0.2) is 4.90 Å². The van der Waals surface area contributed by atoms with Crippen molar-refractivity contribution < 1.29 is 23.2 Å². The maximum absolute atomic E-state index is 12.3. The summed E-state index contributed by atoms with van der Waals surface area (Å²) < 4.78 is 26.6. The minimum absolute atomic E-state index is 0.0113. The molecule has 0 heterocycles. The van der Waals surface area contributed by atoms with E-state index in [1.54, 1.807) is 0 Å². The van der Waals surface area contributed by atoms with Gasteiger partial charge in [-0.1, -0.05) is 11.6 Å². The summed E-state index contributed by atoms with van der Waals surface area (Å²) in [5.41, 5.74) is -2.29. The van der Waals surface area contributed by atoms with E-state index in [1.165, 1.54) is 6.07 Å². The molecule has 21 heavy (non-hydrogen) atoms. The molecule has 0 spiro atoms. The molecule has 2 N–H and O–H groups in total. The first-order chi connectivity index (χ1) is 9.68. The van der Waals surface area contributed by atoms with E-state index in [0.29, 0.717) is 6.42 Å². The topological polar surface area (TPSA) is 127 Å². The highest BCUT2D eigenvalue weighted by Crippen LogP contribution is 2.35. The Hall–Kier alpha value is -1.71. The second-order valence-electron chi connectivity index (χ2n) is 4.72. The first-order valence-corrected chi connectivity index (χ1v) is 7.75. The van der Waals surface area contributed by atoms with Gasteiger partial charge in [0.1, 0.15) is 5.54 Å². The number of nitrogens with one attached hydrogen (secondary N) is 1. The molecule has 0 saturated heterocycles. The van der Waals surface area contributed by atoms with Crippen LogP contribution in [0.15, 0.2) is 23.1 Å². The zero-order valence-corrected chi connectivity index (χ0v) is 12.1. The van der Waals surface area contributed by atoms with Gasteiger partial charge in [-0.05, 0) is 31.4 Å². The largest absolute Gasteiger partial charge is 0.480 e. The molecule has 1 aromatic carbocycles. The predicted octanol–water partition coefficient (Wildman–Crippen LogP) is 1.53. The van der Waals surface area contributed by atoms with Crippen LogP contribution in [-0.2, 0) is 14.8 Å². The zero-order valence-electron chi connectivity index (χ0n) is 10.6. The lowest BCUT2D eigenvalue weighted by Gasteiger charge is -2.37. The molecule has 2 rings (SSSR count). The number of sulfonamides is 1. The van der Waals surface area contributed by atoms with Crippen LogP contribution in [0.2, 0.25) is 5.02 Å². The van der Waals surface area contributed by atoms with Crippen LogP contribution in [0.3, 0.4) is 0 Å². The molecule has 0 unspecified atom stereocenters. The number of hydrogen-bond donors (Lipinski definition) is 2. The highest BCUT2D eigenvalue weighted by atomic mass is 35.5. The van der Waals surface area contributed by atoms with E-state index in [1.807, 2.05) is 0 Å². The molecule has 1 aliphatic carbocycles. The summed E-state index contributed by atoms with van der Waals surface area (Å²) in [5.74, 6) is -1.30. The van der Waals surface area contributed by atoms with Crippen molar-refractivity contribution in [3.8, 4) is 0 Å². The Morgan fingerprint density at radius 1 is 1.43 bits per heavy atom. The average Bonchev–Trinajstić information content (AvgIpc) is 2.33. The van der Waals surface area contributed by atoms with Crippen LogP contribution in [0.1, 0.15) is 19.3 Å². The number of nitro groups is 1. The summed E-state index contributed by atoms with van der Waals surface area (Å²) in [7, 11) is -4.35. The van der Waals surface area contributed by atoms with Crippen molar-refractivity contribution in [3.63, 3.8) is 0 Å². The number of carboxylic acid groups (broad SMARTS) is 1. The van der Waals surface area contributed by atoms with Crippen LogP contribution in [0.5, 0.6) is 0 Å². The molecule has 0 aromatic heterocycles. The molecule has 1 aromatic rings. The van der Waals surface area contributed by atoms with Crippen LogP contribution >= 0.6 is 11.6 Å². The first-order valence-electron chi connectivity index (χ1n) is 5.89. The van der Waals surface area contributed by atoms with Gasteiger partial charge in [-0.2, -0.15) is 4.72 Å². The van der Waals surface area contributed by atoms with Crippen LogP contribution in [0.4, 0.5) is 5.69 Å². The zero-order chi connectivity index (χ0) is 15.8. The standard InChI is InChI=1S/C11H11ClN2O6S/c12-7-2-3-9(8(6-7)14(17)18)21(19,20)13-11(10(15)16)4-1-5-11/h2-3,6,13H,1,4-5H2,(H,15,16). The normalized spacial score (nSPS) is 17.0. The van der Waals surface area contributed by atoms with Crippen molar-refractivity contribution in [1.82, 2.24) is 4.72 Å². The molecular weight excluding hydrogens is 324 g/mol. The van der Waals surface area contributed by atoms with Crippen molar-refractivity contribution in [1.29, 1.82) is 0 Å². The number of hydrogen-bond acceptors (Lipinski definition) is 5. The lowest BCUT2D eigenvalue weighted by Crippen LogP contribution is -2.58. The summed E-state index contributed by atoms with van der Waals surface area (Å²) in [4.78, 5) is 20.7. The van der Waals surface area contributed by atoms with E-state index >= 15 is 0 Å².